The van der Waals surface area contributed by atoms with E-state index in [9.17, 15) is 9.59 Å². The van der Waals surface area contributed by atoms with E-state index in [0.29, 0.717) is 5.01 Å². The van der Waals surface area contributed by atoms with Crippen LogP contribution in [0, 0.1) is 19.8 Å². The van der Waals surface area contributed by atoms with Crippen LogP contribution in [0.4, 0.5) is 0 Å². The zero-order chi connectivity index (χ0) is 23.4. The number of hydrogen-bond acceptors (Lipinski definition) is 8. The van der Waals surface area contributed by atoms with Gasteiger partial charge in [-0.15, -0.1) is 10.2 Å². The van der Waals surface area contributed by atoms with Crippen LogP contribution in [0.25, 0.3) is 10.6 Å². The number of rotatable bonds is 7. The molecule has 0 unspecified atom stereocenters. The Bertz CT molecular complexity index is 1120. The number of ether oxygens (including phenoxy) is 2. The second kappa shape index (κ2) is 9.86. The summed E-state index contributed by atoms with van der Waals surface area (Å²) < 4.78 is 10.7. The Hall–Kier alpha value is -3.33. The fourth-order valence-corrected chi connectivity index (χ4v) is 3.85. The second-order valence-corrected chi connectivity index (χ2v) is 8.79. The van der Waals surface area contributed by atoms with Crippen molar-refractivity contribution in [1.29, 1.82) is 0 Å². The maximum Gasteiger partial charge on any atom is 0.313 e. The van der Waals surface area contributed by atoms with Gasteiger partial charge in [0, 0.05) is 17.8 Å². The molecule has 2 aromatic heterocycles. The van der Waals surface area contributed by atoms with Gasteiger partial charge in [0.2, 0.25) is 5.75 Å². The van der Waals surface area contributed by atoms with Crippen molar-refractivity contribution in [2.24, 2.45) is 5.92 Å². The highest BCUT2D eigenvalue weighted by molar-refractivity contribution is 7.14. The van der Waals surface area contributed by atoms with Crippen molar-refractivity contribution in [2.75, 3.05) is 7.11 Å². The number of methoxy groups -OCH3 is 1. The number of amides is 1. The molecule has 2 heterocycles. The lowest BCUT2D eigenvalue weighted by molar-refractivity contribution is -0.137. The number of benzene rings is 1. The van der Waals surface area contributed by atoms with E-state index in [1.807, 2.05) is 20.8 Å². The highest BCUT2D eigenvalue weighted by atomic mass is 32.1. The third-order valence-corrected chi connectivity index (χ3v) is 5.76. The fraction of sp³-hybridized carbons (Fsp3) is 0.348. The maximum absolute atomic E-state index is 13.0. The summed E-state index contributed by atoms with van der Waals surface area (Å²) in [6, 6.07) is 7.30. The number of nitrogens with one attached hydrogen (secondary N) is 1. The van der Waals surface area contributed by atoms with Crippen LogP contribution in [0.5, 0.6) is 11.5 Å². The van der Waals surface area contributed by atoms with Crippen LogP contribution in [0.1, 0.15) is 53.4 Å². The van der Waals surface area contributed by atoms with E-state index in [4.69, 9.17) is 9.47 Å². The number of aryl methyl sites for hydroxylation is 2. The van der Waals surface area contributed by atoms with E-state index in [1.54, 1.807) is 13.8 Å². The number of hydrogen-bond donors (Lipinski definition) is 1. The van der Waals surface area contributed by atoms with Gasteiger partial charge in [-0.05, 0) is 32.9 Å². The summed E-state index contributed by atoms with van der Waals surface area (Å²) in [4.78, 5) is 29.2. The van der Waals surface area contributed by atoms with Crippen molar-refractivity contribution < 1.29 is 19.1 Å². The van der Waals surface area contributed by atoms with Crippen LogP contribution >= 0.6 is 11.3 Å². The van der Waals surface area contributed by atoms with Crippen LogP contribution in [0.15, 0.2) is 30.5 Å². The Morgan fingerprint density at radius 1 is 1.06 bits per heavy atom. The zero-order valence-electron chi connectivity index (χ0n) is 18.9. The van der Waals surface area contributed by atoms with Crippen LogP contribution < -0.4 is 14.8 Å². The van der Waals surface area contributed by atoms with Gasteiger partial charge in [0.05, 0.1) is 19.1 Å². The van der Waals surface area contributed by atoms with Gasteiger partial charge in [-0.1, -0.05) is 42.4 Å². The second-order valence-electron chi connectivity index (χ2n) is 7.78. The first-order valence-corrected chi connectivity index (χ1v) is 11.0. The molecule has 1 N–H and O–H groups in total. The Kier molecular flexibility index (Phi) is 7.19. The van der Waals surface area contributed by atoms with Crippen molar-refractivity contribution in [3.8, 4) is 22.1 Å². The predicted molar refractivity (Wildman–Crippen MR) is 122 cm³/mol. The number of esters is 1. The van der Waals surface area contributed by atoms with Crippen molar-refractivity contribution in [2.45, 2.75) is 40.7 Å². The molecule has 0 aliphatic heterocycles. The number of carbonyl (C=O) groups excluding carboxylic acids is 2. The Morgan fingerprint density at radius 3 is 2.38 bits per heavy atom. The Labute approximate surface area is 191 Å². The summed E-state index contributed by atoms with van der Waals surface area (Å²) in [7, 11) is 1.43. The molecule has 32 heavy (non-hydrogen) atoms. The number of nitrogens with zero attached hydrogens (tertiary/aromatic N) is 3. The smallest absolute Gasteiger partial charge is 0.313 e. The van der Waals surface area contributed by atoms with E-state index in [0.717, 1.165) is 21.7 Å². The molecule has 9 heteroatoms. The third-order valence-electron chi connectivity index (χ3n) is 4.60. The van der Waals surface area contributed by atoms with Gasteiger partial charge >= 0.3 is 5.97 Å². The topological polar surface area (TPSA) is 103 Å². The molecule has 0 radical (unpaired) electrons. The van der Waals surface area contributed by atoms with Crippen LogP contribution in [-0.2, 0) is 4.79 Å². The predicted octanol–water partition coefficient (Wildman–Crippen LogP) is 4.28. The summed E-state index contributed by atoms with van der Waals surface area (Å²) in [5.41, 5.74) is 3.24. The Morgan fingerprint density at radius 2 is 1.75 bits per heavy atom. The molecule has 0 saturated carbocycles. The first-order valence-electron chi connectivity index (χ1n) is 10.2. The minimum atomic E-state index is -0.508. The molecule has 3 aromatic rings. The van der Waals surface area contributed by atoms with Gasteiger partial charge in [-0.25, -0.2) is 4.98 Å². The first-order chi connectivity index (χ1) is 15.2. The zero-order valence-corrected chi connectivity index (χ0v) is 19.7. The normalized spacial score (nSPS) is 11.8. The molecule has 0 fully saturated rings. The standard InChI is InChI=1S/C23H26N4O4S/c1-12(2)23(29)31-19-17(30-6)7-8-24-18(19)20(28)25-15(5)21-26-27-22(32-21)16-10-13(3)9-14(4)11-16/h7-12,15H,1-6H3,(H,25,28)/t15-/m0/s1. The molecule has 8 nitrogen and oxygen atoms in total. The van der Waals surface area contributed by atoms with E-state index >= 15 is 0 Å². The highest BCUT2D eigenvalue weighted by Crippen LogP contribution is 2.32. The average Bonchev–Trinajstić information content (AvgIpc) is 3.23. The van der Waals surface area contributed by atoms with E-state index in [2.05, 4.69) is 38.7 Å². The molecular formula is C23H26N4O4S. The summed E-state index contributed by atoms with van der Waals surface area (Å²) >= 11 is 1.41. The molecular weight excluding hydrogens is 428 g/mol. The van der Waals surface area contributed by atoms with E-state index in [-0.39, 0.29) is 23.1 Å². The van der Waals surface area contributed by atoms with Crippen LogP contribution in [-0.4, -0.2) is 34.2 Å². The summed E-state index contributed by atoms with van der Waals surface area (Å²) in [6.07, 6.45) is 1.42. The number of carbonyl (C=O) groups is 2. The number of pyridine rings is 1. The molecule has 1 amide bonds. The van der Waals surface area contributed by atoms with Crippen molar-refractivity contribution in [1.82, 2.24) is 20.5 Å². The van der Waals surface area contributed by atoms with Crippen LogP contribution in [0.3, 0.4) is 0 Å². The quantitative estimate of drug-likeness (QED) is 0.532. The minimum absolute atomic E-state index is 0.00779. The first kappa shape index (κ1) is 23.3. The lowest BCUT2D eigenvalue weighted by Crippen LogP contribution is -2.28. The number of aromatic nitrogens is 3. The molecule has 168 valence electrons. The van der Waals surface area contributed by atoms with Crippen molar-refractivity contribution in [3.63, 3.8) is 0 Å². The monoisotopic (exact) mass is 454 g/mol. The van der Waals surface area contributed by atoms with E-state index < -0.39 is 17.9 Å². The minimum Gasteiger partial charge on any atom is -0.493 e. The van der Waals surface area contributed by atoms with Gasteiger partial charge in [0.1, 0.15) is 10.0 Å². The van der Waals surface area contributed by atoms with Gasteiger partial charge in [0.15, 0.2) is 11.4 Å². The molecule has 0 spiro atoms. The summed E-state index contributed by atoms with van der Waals surface area (Å²) in [6.45, 7) is 9.29. The van der Waals surface area contributed by atoms with Crippen molar-refractivity contribution >= 4 is 23.2 Å². The summed E-state index contributed by atoms with van der Waals surface area (Å²) in [5.74, 6) is -1.13. The van der Waals surface area contributed by atoms with Crippen LogP contribution in [0.2, 0.25) is 0 Å². The lowest BCUT2D eigenvalue weighted by Gasteiger charge is -2.15. The molecule has 0 aliphatic rings. The molecule has 1 atom stereocenters. The molecule has 1 aromatic carbocycles. The average molecular weight is 455 g/mol. The molecule has 3 rings (SSSR count). The van der Waals surface area contributed by atoms with Gasteiger partial charge in [0.25, 0.3) is 5.91 Å². The largest absolute Gasteiger partial charge is 0.493 e. The lowest BCUT2D eigenvalue weighted by atomic mass is 10.1. The molecule has 0 aliphatic carbocycles. The van der Waals surface area contributed by atoms with Gasteiger partial charge in [-0.2, -0.15) is 0 Å². The molecule has 0 saturated heterocycles. The SMILES string of the molecule is COc1ccnc(C(=O)N[C@@H](C)c2nnc(-c3cc(C)cc(C)c3)s2)c1OC(=O)C(C)C. The summed E-state index contributed by atoms with van der Waals surface area (Å²) in [5, 5.41) is 12.8. The van der Waals surface area contributed by atoms with Gasteiger partial charge < -0.3 is 14.8 Å². The Balaban J connectivity index is 1.82. The fourth-order valence-electron chi connectivity index (χ4n) is 3.02. The molecule has 0 bridgehead atoms. The highest BCUT2D eigenvalue weighted by Gasteiger charge is 2.25. The van der Waals surface area contributed by atoms with Crippen molar-refractivity contribution in [3.05, 3.63) is 52.3 Å². The van der Waals surface area contributed by atoms with Gasteiger partial charge in [-0.3, -0.25) is 9.59 Å². The third kappa shape index (κ3) is 5.28. The van der Waals surface area contributed by atoms with E-state index in [1.165, 1.54) is 30.7 Å². The maximum atomic E-state index is 13.0.